The molecule has 84 valence electrons. The number of hydrogen-bond acceptors (Lipinski definition) is 2. The van der Waals surface area contributed by atoms with Gasteiger partial charge in [-0.15, -0.1) is 0 Å². The van der Waals surface area contributed by atoms with Crippen molar-refractivity contribution in [2.45, 2.75) is 20.3 Å². The van der Waals surface area contributed by atoms with Gasteiger partial charge in [0, 0.05) is 5.56 Å². The summed E-state index contributed by atoms with van der Waals surface area (Å²) in [5, 5.41) is 8.92. The molecule has 0 spiro atoms. The van der Waals surface area contributed by atoms with E-state index in [9.17, 15) is 9.18 Å². The molecular weight excluding hydrogens is 205 g/mol. The number of nitriles is 1. The quantitative estimate of drug-likeness (QED) is 0.729. The van der Waals surface area contributed by atoms with Crippen LogP contribution in [0.4, 0.5) is 4.39 Å². The highest BCUT2D eigenvalue weighted by atomic mass is 19.1. The van der Waals surface area contributed by atoms with Crippen molar-refractivity contribution in [2.75, 3.05) is 0 Å². The van der Waals surface area contributed by atoms with Crippen molar-refractivity contribution >= 4 is 5.78 Å². The van der Waals surface area contributed by atoms with Crippen molar-refractivity contribution in [1.29, 1.82) is 5.26 Å². The second-order valence-electron chi connectivity index (χ2n) is 4.18. The van der Waals surface area contributed by atoms with Crippen molar-refractivity contribution in [2.24, 2.45) is 11.8 Å². The molecule has 1 rings (SSSR count). The Hall–Kier alpha value is -1.69. The number of carbonyl (C=O) groups excluding carboxylic acids is 1. The second kappa shape index (κ2) is 5.41. The summed E-state index contributed by atoms with van der Waals surface area (Å²) < 4.78 is 12.7. The Morgan fingerprint density at radius 3 is 2.38 bits per heavy atom. The molecule has 0 amide bonds. The predicted molar refractivity (Wildman–Crippen MR) is 59.3 cm³/mol. The topological polar surface area (TPSA) is 40.9 Å². The Labute approximate surface area is 94.7 Å². The molecule has 3 heteroatoms. The Balaban J connectivity index is 2.84. The summed E-state index contributed by atoms with van der Waals surface area (Å²) in [7, 11) is 0. The van der Waals surface area contributed by atoms with E-state index >= 15 is 0 Å². The lowest BCUT2D eigenvalue weighted by Crippen LogP contribution is -2.15. The maximum absolute atomic E-state index is 12.7. The monoisotopic (exact) mass is 219 g/mol. The van der Waals surface area contributed by atoms with E-state index in [2.05, 4.69) is 0 Å². The van der Waals surface area contributed by atoms with Gasteiger partial charge in [0.25, 0.3) is 0 Å². The first-order valence-corrected chi connectivity index (χ1v) is 5.24. The van der Waals surface area contributed by atoms with Gasteiger partial charge in [-0.2, -0.15) is 5.26 Å². The Morgan fingerprint density at radius 2 is 1.94 bits per heavy atom. The van der Waals surface area contributed by atoms with Gasteiger partial charge in [0.2, 0.25) is 0 Å². The lowest BCUT2D eigenvalue weighted by atomic mass is 9.91. The minimum Gasteiger partial charge on any atom is -0.293 e. The molecule has 1 aromatic rings. The van der Waals surface area contributed by atoms with Crippen LogP contribution in [0.25, 0.3) is 0 Å². The summed E-state index contributed by atoms with van der Waals surface area (Å²) in [5.41, 5.74) is 0.397. The number of carbonyl (C=O) groups is 1. The summed E-state index contributed by atoms with van der Waals surface area (Å²) in [5.74, 6) is -0.954. The van der Waals surface area contributed by atoms with E-state index in [0.717, 1.165) is 0 Å². The summed E-state index contributed by atoms with van der Waals surface area (Å²) in [6.07, 6.45) is 0.534. The first-order chi connectivity index (χ1) is 7.54. The molecule has 16 heavy (non-hydrogen) atoms. The van der Waals surface area contributed by atoms with E-state index in [1.54, 1.807) is 0 Å². The third kappa shape index (κ3) is 3.16. The van der Waals surface area contributed by atoms with Gasteiger partial charge in [-0.05, 0) is 36.6 Å². The fourth-order valence-electron chi connectivity index (χ4n) is 1.51. The Bertz CT molecular complexity index is 403. The van der Waals surface area contributed by atoms with Crippen LogP contribution in [0.3, 0.4) is 0 Å². The maximum atomic E-state index is 12.7. The molecule has 0 radical (unpaired) electrons. The molecule has 0 fully saturated rings. The highest BCUT2D eigenvalue weighted by Crippen LogP contribution is 2.17. The van der Waals surface area contributed by atoms with Crippen LogP contribution in [-0.4, -0.2) is 5.78 Å². The van der Waals surface area contributed by atoms with E-state index in [0.29, 0.717) is 12.0 Å². The zero-order valence-corrected chi connectivity index (χ0v) is 9.40. The molecule has 0 aliphatic heterocycles. The molecule has 2 nitrogen and oxygen atoms in total. The average Bonchev–Trinajstić information content (AvgIpc) is 2.25. The second-order valence-corrected chi connectivity index (χ2v) is 4.18. The van der Waals surface area contributed by atoms with Crippen LogP contribution in [0, 0.1) is 29.0 Å². The van der Waals surface area contributed by atoms with Gasteiger partial charge >= 0.3 is 0 Å². The van der Waals surface area contributed by atoms with E-state index in [4.69, 9.17) is 5.26 Å². The lowest BCUT2D eigenvalue weighted by Gasteiger charge is -2.10. The highest BCUT2D eigenvalue weighted by Gasteiger charge is 2.20. The third-order valence-corrected chi connectivity index (χ3v) is 2.31. The predicted octanol–water partition coefficient (Wildman–Crippen LogP) is 3.19. The van der Waals surface area contributed by atoms with Crippen molar-refractivity contribution in [3.63, 3.8) is 0 Å². The van der Waals surface area contributed by atoms with E-state index in [1.807, 2.05) is 19.9 Å². The van der Waals surface area contributed by atoms with Crippen LogP contribution in [0.1, 0.15) is 30.6 Å². The molecule has 1 atom stereocenters. The van der Waals surface area contributed by atoms with Gasteiger partial charge in [0.1, 0.15) is 11.7 Å². The van der Waals surface area contributed by atoms with Crippen molar-refractivity contribution < 1.29 is 9.18 Å². The van der Waals surface area contributed by atoms with Gasteiger partial charge in [-0.1, -0.05) is 13.8 Å². The normalized spacial score (nSPS) is 12.2. The zero-order valence-electron chi connectivity index (χ0n) is 9.40. The maximum Gasteiger partial charge on any atom is 0.179 e. The molecule has 0 bridgehead atoms. The van der Waals surface area contributed by atoms with Gasteiger partial charge in [0.05, 0.1) is 6.07 Å². The van der Waals surface area contributed by atoms with Crippen LogP contribution in [0.5, 0.6) is 0 Å². The van der Waals surface area contributed by atoms with Crippen LogP contribution >= 0.6 is 0 Å². The molecule has 0 aromatic heterocycles. The van der Waals surface area contributed by atoms with Crippen LogP contribution < -0.4 is 0 Å². The van der Waals surface area contributed by atoms with E-state index in [-0.39, 0.29) is 17.5 Å². The largest absolute Gasteiger partial charge is 0.293 e. The molecule has 0 aliphatic rings. The average molecular weight is 219 g/mol. The standard InChI is InChI=1S/C13H14FNO/c1-9(2)7-11(8-15)13(16)10-3-5-12(14)6-4-10/h3-6,9,11H,7H2,1-2H3. The number of rotatable bonds is 4. The first-order valence-electron chi connectivity index (χ1n) is 5.24. The fraction of sp³-hybridized carbons (Fsp3) is 0.385. The number of hydrogen-bond donors (Lipinski definition) is 0. The van der Waals surface area contributed by atoms with Gasteiger partial charge < -0.3 is 0 Å². The van der Waals surface area contributed by atoms with Crippen molar-refractivity contribution in [1.82, 2.24) is 0 Å². The first kappa shape index (κ1) is 12.4. The molecular formula is C13H14FNO. The SMILES string of the molecule is CC(C)CC(C#N)C(=O)c1ccc(F)cc1. The van der Waals surface area contributed by atoms with Crippen LogP contribution in [0.2, 0.25) is 0 Å². The van der Waals surface area contributed by atoms with Gasteiger partial charge in [-0.3, -0.25) is 4.79 Å². The van der Waals surface area contributed by atoms with Gasteiger partial charge in [-0.25, -0.2) is 4.39 Å². The molecule has 1 unspecified atom stereocenters. The molecule has 0 heterocycles. The third-order valence-electron chi connectivity index (χ3n) is 2.31. The number of nitrogens with zero attached hydrogens (tertiary/aromatic N) is 1. The summed E-state index contributed by atoms with van der Waals surface area (Å²) in [6.45, 7) is 3.92. The molecule has 1 aromatic carbocycles. The molecule has 0 saturated heterocycles. The highest BCUT2D eigenvalue weighted by molar-refractivity contribution is 5.99. The fourth-order valence-corrected chi connectivity index (χ4v) is 1.51. The summed E-state index contributed by atoms with van der Waals surface area (Å²) in [4.78, 5) is 11.9. The van der Waals surface area contributed by atoms with Crippen LogP contribution in [0.15, 0.2) is 24.3 Å². The minimum absolute atomic E-state index is 0.226. The van der Waals surface area contributed by atoms with Crippen LogP contribution in [-0.2, 0) is 0 Å². The molecule has 0 saturated carbocycles. The summed E-state index contributed by atoms with van der Waals surface area (Å²) >= 11 is 0. The molecule has 0 aliphatic carbocycles. The minimum atomic E-state index is -0.634. The molecule has 0 N–H and O–H groups in total. The summed E-state index contributed by atoms with van der Waals surface area (Å²) in [6, 6.07) is 7.31. The van der Waals surface area contributed by atoms with E-state index < -0.39 is 5.92 Å². The smallest absolute Gasteiger partial charge is 0.179 e. The van der Waals surface area contributed by atoms with E-state index in [1.165, 1.54) is 24.3 Å². The number of benzene rings is 1. The Kier molecular flexibility index (Phi) is 4.19. The van der Waals surface area contributed by atoms with Crippen molar-refractivity contribution in [3.05, 3.63) is 35.6 Å². The number of ketones is 1. The zero-order chi connectivity index (χ0) is 12.1. The Morgan fingerprint density at radius 1 is 1.38 bits per heavy atom. The number of Topliss-reactive ketones (excluding diaryl/α,β-unsaturated/α-hetero) is 1. The van der Waals surface area contributed by atoms with Gasteiger partial charge in [0.15, 0.2) is 5.78 Å². The number of halogens is 1. The lowest BCUT2D eigenvalue weighted by molar-refractivity contribution is 0.0937. The van der Waals surface area contributed by atoms with Crippen molar-refractivity contribution in [3.8, 4) is 6.07 Å².